The smallest absolute Gasteiger partial charge is 0.411 e. The number of nitrogens with zero attached hydrogens (tertiary/aromatic N) is 1. The van der Waals surface area contributed by atoms with Crippen LogP contribution in [0.3, 0.4) is 0 Å². The molecule has 0 aliphatic carbocycles. The first-order valence-electron chi connectivity index (χ1n) is 10.0. The van der Waals surface area contributed by atoms with Crippen LogP contribution in [0.15, 0.2) is 59.2 Å². The van der Waals surface area contributed by atoms with Crippen LogP contribution in [0.4, 0.5) is 10.5 Å². The molecule has 0 bridgehead atoms. The summed E-state index contributed by atoms with van der Waals surface area (Å²) in [7, 11) is 0. The van der Waals surface area contributed by atoms with Crippen LogP contribution in [-0.2, 0) is 4.74 Å². The minimum atomic E-state index is -0.489. The molecule has 0 spiro atoms. The molecular weight excluding hydrogens is 404 g/mol. The van der Waals surface area contributed by atoms with Crippen LogP contribution in [0.2, 0.25) is 5.02 Å². The topological polar surface area (TPSA) is 71.8 Å². The van der Waals surface area contributed by atoms with Gasteiger partial charge in [-0.1, -0.05) is 17.7 Å². The second kappa shape index (κ2) is 9.32. The molecule has 0 unspecified atom stereocenters. The van der Waals surface area contributed by atoms with Crippen molar-refractivity contribution in [3.05, 3.63) is 65.4 Å². The Morgan fingerprint density at radius 1 is 1.10 bits per heavy atom. The van der Waals surface area contributed by atoms with Gasteiger partial charge in [0.25, 0.3) is 0 Å². The largest absolute Gasteiger partial charge is 0.464 e. The van der Waals surface area contributed by atoms with E-state index in [0.717, 1.165) is 31.3 Å². The number of Topliss-reactive ketones (excluding diaryl/α,β-unsaturated/α-hetero) is 1. The SMILES string of the molecule is O=C(Nc1cccc2occc12)OCCN1CCC(C(=O)c2ccc(Cl)cc2)CC1. The number of likely N-dealkylation sites (tertiary alicyclic amines) is 1. The number of benzene rings is 2. The van der Waals surface area contributed by atoms with Crippen molar-refractivity contribution in [3.63, 3.8) is 0 Å². The molecule has 0 radical (unpaired) electrons. The molecule has 0 atom stereocenters. The van der Waals surface area contributed by atoms with Gasteiger partial charge in [-0.15, -0.1) is 0 Å². The summed E-state index contributed by atoms with van der Waals surface area (Å²) in [6, 6.07) is 14.3. The van der Waals surface area contributed by atoms with Gasteiger partial charge in [-0.2, -0.15) is 0 Å². The van der Waals surface area contributed by atoms with Gasteiger partial charge in [0.1, 0.15) is 12.2 Å². The van der Waals surface area contributed by atoms with E-state index in [-0.39, 0.29) is 11.7 Å². The Morgan fingerprint density at radius 3 is 2.63 bits per heavy atom. The Morgan fingerprint density at radius 2 is 1.87 bits per heavy atom. The molecule has 30 heavy (non-hydrogen) atoms. The minimum absolute atomic E-state index is 0.0297. The van der Waals surface area contributed by atoms with E-state index in [0.29, 0.717) is 35.0 Å². The van der Waals surface area contributed by atoms with Crippen molar-refractivity contribution in [2.45, 2.75) is 12.8 Å². The third kappa shape index (κ3) is 4.83. The van der Waals surface area contributed by atoms with Crippen LogP contribution in [-0.4, -0.2) is 43.0 Å². The Bertz CT molecular complexity index is 1020. The standard InChI is InChI=1S/C23H23ClN2O4/c24-18-6-4-16(5-7-18)22(27)17-8-11-26(12-9-17)13-15-30-23(28)25-20-2-1-3-21-19(20)10-14-29-21/h1-7,10,14,17H,8-9,11-13,15H2,(H,25,28). The van der Waals surface area contributed by atoms with Gasteiger partial charge >= 0.3 is 6.09 Å². The zero-order valence-corrected chi connectivity index (χ0v) is 17.2. The van der Waals surface area contributed by atoms with Gasteiger partial charge in [-0.25, -0.2) is 4.79 Å². The van der Waals surface area contributed by atoms with Gasteiger partial charge in [0.15, 0.2) is 5.78 Å². The summed E-state index contributed by atoms with van der Waals surface area (Å²) >= 11 is 5.90. The van der Waals surface area contributed by atoms with Crippen LogP contribution in [0.25, 0.3) is 11.0 Å². The number of piperidine rings is 1. The van der Waals surface area contributed by atoms with Crippen LogP contribution >= 0.6 is 11.6 Å². The van der Waals surface area contributed by atoms with E-state index < -0.39 is 6.09 Å². The number of fused-ring (bicyclic) bond motifs is 1. The number of halogens is 1. The number of furan rings is 1. The number of ketones is 1. The number of rotatable bonds is 6. The Kier molecular flexibility index (Phi) is 6.35. The summed E-state index contributed by atoms with van der Waals surface area (Å²) in [6.45, 7) is 2.56. The zero-order valence-electron chi connectivity index (χ0n) is 16.5. The molecule has 6 nitrogen and oxygen atoms in total. The van der Waals surface area contributed by atoms with E-state index >= 15 is 0 Å². The van der Waals surface area contributed by atoms with Gasteiger partial charge in [0, 0.05) is 28.4 Å². The number of nitrogens with one attached hydrogen (secondary N) is 1. The molecule has 1 fully saturated rings. The molecule has 2 aromatic carbocycles. The van der Waals surface area contributed by atoms with E-state index in [1.165, 1.54) is 0 Å². The summed E-state index contributed by atoms with van der Waals surface area (Å²) < 4.78 is 10.7. The second-order valence-electron chi connectivity index (χ2n) is 7.39. The number of hydrogen-bond donors (Lipinski definition) is 1. The van der Waals surface area contributed by atoms with Crippen LogP contribution in [0.5, 0.6) is 0 Å². The van der Waals surface area contributed by atoms with Gasteiger partial charge < -0.3 is 9.15 Å². The van der Waals surface area contributed by atoms with E-state index in [1.54, 1.807) is 36.6 Å². The predicted octanol–water partition coefficient (Wildman–Crippen LogP) is 5.23. The number of carbonyl (C=O) groups excluding carboxylic acids is 2. The lowest BCUT2D eigenvalue weighted by molar-refractivity contribution is 0.0813. The quantitative estimate of drug-likeness (QED) is 0.546. The molecular formula is C23H23ClN2O4. The average Bonchev–Trinajstić information content (AvgIpc) is 3.24. The maximum absolute atomic E-state index is 12.6. The van der Waals surface area contributed by atoms with E-state index in [4.69, 9.17) is 20.8 Å². The summed E-state index contributed by atoms with van der Waals surface area (Å²) in [4.78, 5) is 26.9. The van der Waals surface area contributed by atoms with E-state index in [9.17, 15) is 9.59 Å². The number of amides is 1. The monoisotopic (exact) mass is 426 g/mol. The first-order chi connectivity index (χ1) is 14.6. The zero-order chi connectivity index (χ0) is 20.9. The molecule has 1 aromatic heterocycles. The molecule has 1 aliphatic heterocycles. The predicted molar refractivity (Wildman–Crippen MR) is 116 cm³/mol. The van der Waals surface area contributed by atoms with Crippen molar-refractivity contribution < 1.29 is 18.7 Å². The Hall–Kier alpha value is -2.83. The van der Waals surface area contributed by atoms with E-state index in [1.807, 2.05) is 18.2 Å². The number of hydrogen-bond acceptors (Lipinski definition) is 5. The Balaban J connectivity index is 1.19. The first-order valence-corrected chi connectivity index (χ1v) is 10.4. The maximum Gasteiger partial charge on any atom is 0.411 e. The highest BCUT2D eigenvalue weighted by Gasteiger charge is 2.25. The highest BCUT2D eigenvalue weighted by molar-refractivity contribution is 6.30. The summed E-state index contributed by atoms with van der Waals surface area (Å²) in [5.41, 5.74) is 2.09. The number of carbonyl (C=O) groups is 2. The van der Waals surface area contributed by atoms with Gasteiger partial charge in [-0.05, 0) is 68.4 Å². The third-order valence-electron chi connectivity index (χ3n) is 5.46. The second-order valence-corrected chi connectivity index (χ2v) is 7.82. The van der Waals surface area contributed by atoms with Crippen molar-refractivity contribution in [3.8, 4) is 0 Å². The van der Waals surface area contributed by atoms with Crippen LogP contribution in [0, 0.1) is 5.92 Å². The molecule has 2 heterocycles. The molecule has 156 valence electrons. The lowest BCUT2D eigenvalue weighted by atomic mass is 9.89. The molecule has 3 aromatic rings. The molecule has 7 heteroatoms. The average molecular weight is 427 g/mol. The fourth-order valence-corrected chi connectivity index (χ4v) is 3.91. The lowest BCUT2D eigenvalue weighted by Crippen LogP contribution is -2.38. The maximum atomic E-state index is 12.6. The van der Waals surface area contributed by atoms with Gasteiger partial charge in [0.05, 0.1) is 12.0 Å². The van der Waals surface area contributed by atoms with Crippen molar-refractivity contribution in [1.82, 2.24) is 4.90 Å². The van der Waals surface area contributed by atoms with Crippen molar-refractivity contribution >= 4 is 40.1 Å². The third-order valence-corrected chi connectivity index (χ3v) is 5.71. The first kappa shape index (κ1) is 20.4. The highest BCUT2D eigenvalue weighted by Crippen LogP contribution is 2.25. The van der Waals surface area contributed by atoms with Crippen LogP contribution in [0.1, 0.15) is 23.2 Å². The summed E-state index contributed by atoms with van der Waals surface area (Å²) in [5.74, 6) is 0.206. The summed E-state index contributed by atoms with van der Waals surface area (Å²) in [6.07, 6.45) is 2.70. The molecule has 1 N–H and O–H groups in total. The number of ether oxygens (including phenoxy) is 1. The Labute approximate surface area is 179 Å². The lowest BCUT2D eigenvalue weighted by Gasteiger charge is -2.31. The minimum Gasteiger partial charge on any atom is -0.464 e. The van der Waals surface area contributed by atoms with E-state index in [2.05, 4.69) is 10.2 Å². The van der Waals surface area contributed by atoms with Crippen molar-refractivity contribution in [2.24, 2.45) is 5.92 Å². The normalized spacial score (nSPS) is 15.2. The van der Waals surface area contributed by atoms with Crippen molar-refractivity contribution in [1.29, 1.82) is 0 Å². The molecule has 1 aliphatic rings. The molecule has 0 saturated carbocycles. The van der Waals surface area contributed by atoms with Crippen molar-refractivity contribution in [2.75, 3.05) is 31.6 Å². The van der Waals surface area contributed by atoms with Gasteiger partial charge in [0.2, 0.25) is 0 Å². The molecule has 4 rings (SSSR count). The fraction of sp³-hybridized carbons (Fsp3) is 0.304. The van der Waals surface area contributed by atoms with Crippen LogP contribution < -0.4 is 5.32 Å². The fourth-order valence-electron chi connectivity index (χ4n) is 3.79. The summed E-state index contributed by atoms with van der Waals surface area (Å²) in [5, 5.41) is 4.23. The molecule has 1 saturated heterocycles. The number of anilines is 1. The molecule has 1 amide bonds. The highest BCUT2D eigenvalue weighted by atomic mass is 35.5. The van der Waals surface area contributed by atoms with Gasteiger partial charge in [-0.3, -0.25) is 15.0 Å².